The van der Waals surface area contributed by atoms with Crippen molar-refractivity contribution in [3.8, 4) is 5.75 Å². The van der Waals surface area contributed by atoms with Crippen molar-refractivity contribution in [3.05, 3.63) is 62.5 Å². The van der Waals surface area contributed by atoms with E-state index in [4.69, 9.17) is 10.5 Å². The van der Waals surface area contributed by atoms with Crippen molar-refractivity contribution in [1.29, 1.82) is 0 Å². The molecule has 0 radical (unpaired) electrons. The summed E-state index contributed by atoms with van der Waals surface area (Å²) in [4.78, 5) is 10.8. The van der Waals surface area contributed by atoms with Gasteiger partial charge in [0.05, 0.1) is 8.95 Å². The first-order valence-electron chi connectivity index (χ1n) is 6.70. The topological polar surface area (TPSA) is 64.4 Å². The van der Waals surface area contributed by atoms with Gasteiger partial charge in [0.1, 0.15) is 5.75 Å². The van der Waals surface area contributed by atoms with Gasteiger partial charge in [-0.1, -0.05) is 30.3 Å². The van der Waals surface area contributed by atoms with Crippen molar-refractivity contribution in [1.82, 2.24) is 5.32 Å². The molecule has 23 heavy (non-hydrogen) atoms. The Morgan fingerprint density at radius 2 is 1.61 bits per heavy atom. The molecule has 124 valence electrons. The molecule has 0 atom stereocenters. The second-order valence-electron chi connectivity index (χ2n) is 4.73. The summed E-state index contributed by atoms with van der Waals surface area (Å²) in [5, 5.41) is 3.39. The summed E-state index contributed by atoms with van der Waals surface area (Å²) in [7, 11) is 0. The largest absolute Gasteiger partial charge is 0.481 e. The zero-order valence-corrected chi connectivity index (χ0v) is 16.2. The molecule has 0 bridgehead atoms. The molecule has 0 aliphatic heterocycles. The van der Waals surface area contributed by atoms with Gasteiger partial charge in [0.2, 0.25) is 0 Å². The van der Waals surface area contributed by atoms with E-state index in [1.54, 1.807) is 0 Å². The first kappa shape index (κ1) is 20.0. The first-order valence-corrected chi connectivity index (χ1v) is 8.28. The highest BCUT2D eigenvalue weighted by Gasteiger charge is 2.10. The minimum absolute atomic E-state index is 0. The number of primary amides is 1. The summed E-state index contributed by atoms with van der Waals surface area (Å²) >= 11 is 6.90. The fraction of sp³-hybridized carbons (Fsp3) is 0.188. The Kier molecular flexibility index (Phi) is 8.62. The molecule has 0 saturated heterocycles. The van der Waals surface area contributed by atoms with Crippen LogP contribution < -0.4 is 15.8 Å². The molecule has 0 aliphatic rings. The minimum Gasteiger partial charge on any atom is -0.481 e. The van der Waals surface area contributed by atoms with Crippen molar-refractivity contribution in [3.63, 3.8) is 0 Å². The molecule has 0 fully saturated rings. The Balaban J connectivity index is 0.00000264. The van der Waals surface area contributed by atoms with Gasteiger partial charge in [-0.05, 0) is 55.1 Å². The van der Waals surface area contributed by atoms with E-state index in [0.29, 0.717) is 5.75 Å². The van der Waals surface area contributed by atoms with Gasteiger partial charge < -0.3 is 15.8 Å². The lowest BCUT2D eigenvalue weighted by atomic mass is 10.2. The number of nitrogens with two attached hydrogens (primary N) is 1. The Morgan fingerprint density at radius 3 is 2.17 bits per heavy atom. The van der Waals surface area contributed by atoms with E-state index in [9.17, 15) is 4.79 Å². The quantitative estimate of drug-likeness (QED) is 0.655. The number of rotatable bonds is 7. The van der Waals surface area contributed by atoms with Crippen molar-refractivity contribution in [2.75, 3.05) is 6.61 Å². The lowest BCUT2D eigenvalue weighted by Crippen LogP contribution is -2.20. The van der Waals surface area contributed by atoms with Gasteiger partial charge in [-0.15, -0.1) is 12.4 Å². The van der Waals surface area contributed by atoms with Crippen molar-refractivity contribution in [2.45, 2.75) is 13.1 Å². The van der Waals surface area contributed by atoms with Crippen molar-refractivity contribution < 1.29 is 9.53 Å². The molecular formula is C16H17Br2ClN2O2. The van der Waals surface area contributed by atoms with Gasteiger partial charge in [-0.25, -0.2) is 0 Å². The van der Waals surface area contributed by atoms with Gasteiger partial charge in [-0.3, -0.25) is 4.79 Å². The van der Waals surface area contributed by atoms with Crippen LogP contribution in [0.2, 0.25) is 0 Å². The van der Waals surface area contributed by atoms with Crippen molar-refractivity contribution in [2.24, 2.45) is 5.73 Å². The molecule has 7 heteroatoms. The molecule has 2 aromatic carbocycles. The molecule has 0 aromatic heterocycles. The molecule has 4 nitrogen and oxygen atoms in total. The van der Waals surface area contributed by atoms with Crippen LogP contribution in [0.25, 0.3) is 0 Å². The lowest BCUT2D eigenvalue weighted by molar-refractivity contribution is -0.119. The number of halogens is 3. The number of nitrogens with one attached hydrogen (secondary N) is 1. The average molecular weight is 465 g/mol. The van der Waals surface area contributed by atoms with Crippen LogP contribution in [0.5, 0.6) is 5.75 Å². The van der Waals surface area contributed by atoms with Crippen LogP contribution in [0.15, 0.2) is 51.4 Å². The number of ether oxygens (including phenoxy) is 1. The molecule has 2 rings (SSSR count). The number of carbonyl (C=O) groups is 1. The maximum Gasteiger partial charge on any atom is 0.255 e. The van der Waals surface area contributed by atoms with E-state index in [2.05, 4.69) is 49.3 Å². The third-order valence-electron chi connectivity index (χ3n) is 2.92. The molecule has 2 aromatic rings. The minimum atomic E-state index is -0.507. The highest BCUT2D eigenvalue weighted by atomic mass is 79.9. The van der Waals surface area contributed by atoms with Gasteiger partial charge in [0.25, 0.3) is 5.91 Å². The summed E-state index contributed by atoms with van der Waals surface area (Å²) in [6.45, 7) is 1.38. The molecule has 1 amide bonds. The van der Waals surface area contributed by atoms with Crippen LogP contribution >= 0.6 is 44.3 Å². The summed E-state index contributed by atoms with van der Waals surface area (Å²) in [5.74, 6) is 0.0676. The number of hydrogen-bond acceptors (Lipinski definition) is 3. The Hall–Kier alpha value is -1.08. The predicted molar refractivity (Wildman–Crippen MR) is 101 cm³/mol. The Bertz CT molecular complexity index is 631. The fourth-order valence-electron chi connectivity index (χ4n) is 1.94. The molecule has 0 spiro atoms. The third-order valence-corrected chi connectivity index (χ3v) is 4.10. The van der Waals surface area contributed by atoms with Gasteiger partial charge in [0.15, 0.2) is 6.61 Å². The van der Waals surface area contributed by atoms with E-state index in [-0.39, 0.29) is 19.0 Å². The predicted octanol–water partition coefficient (Wildman–Crippen LogP) is 3.79. The van der Waals surface area contributed by atoms with Crippen LogP contribution in [-0.4, -0.2) is 12.5 Å². The van der Waals surface area contributed by atoms with E-state index >= 15 is 0 Å². The maximum absolute atomic E-state index is 10.8. The van der Waals surface area contributed by atoms with E-state index in [0.717, 1.165) is 27.6 Å². The molecule has 0 unspecified atom stereocenters. The normalized spacial score (nSPS) is 10.0. The number of carbonyl (C=O) groups excluding carboxylic acids is 1. The van der Waals surface area contributed by atoms with Crippen LogP contribution in [0, 0.1) is 0 Å². The standard InChI is InChI=1S/C16H16Br2N2O2.ClH/c17-13-6-12(7-14(18)16(13)22-10-15(19)21)9-20-8-11-4-2-1-3-5-11;/h1-7,20H,8-10H2,(H2,19,21);1H. The first-order chi connectivity index (χ1) is 10.6. The summed E-state index contributed by atoms with van der Waals surface area (Å²) < 4.78 is 6.92. The van der Waals surface area contributed by atoms with E-state index in [1.165, 1.54) is 5.56 Å². The Morgan fingerprint density at radius 1 is 1.04 bits per heavy atom. The van der Waals surface area contributed by atoms with E-state index in [1.807, 2.05) is 30.3 Å². The van der Waals surface area contributed by atoms with E-state index < -0.39 is 5.91 Å². The van der Waals surface area contributed by atoms with Crippen LogP contribution in [0.4, 0.5) is 0 Å². The van der Waals surface area contributed by atoms with Gasteiger partial charge >= 0.3 is 0 Å². The van der Waals surface area contributed by atoms with Crippen LogP contribution in [0.1, 0.15) is 11.1 Å². The molecular weight excluding hydrogens is 447 g/mol. The van der Waals surface area contributed by atoms with Crippen LogP contribution in [0.3, 0.4) is 0 Å². The second kappa shape index (κ2) is 9.93. The molecule has 0 saturated carbocycles. The average Bonchev–Trinajstić information content (AvgIpc) is 2.47. The summed E-state index contributed by atoms with van der Waals surface area (Å²) in [5.41, 5.74) is 7.42. The molecule has 3 N–H and O–H groups in total. The van der Waals surface area contributed by atoms with Gasteiger partial charge in [-0.2, -0.15) is 0 Å². The van der Waals surface area contributed by atoms with Crippen LogP contribution in [-0.2, 0) is 17.9 Å². The lowest BCUT2D eigenvalue weighted by Gasteiger charge is -2.12. The highest BCUT2D eigenvalue weighted by molar-refractivity contribution is 9.11. The zero-order chi connectivity index (χ0) is 15.9. The molecule has 0 aliphatic carbocycles. The fourth-order valence-corrected chi connectivity index (χ4v) is 3.45. The number of hydrogen-bond donors (Lipinski definition) is 2. The van der Waals surface area contributed by atoms with Gasteiger partial charge in [0, 0.05) is 13.1 Å². The number of benzene rings is 2. The Labute approximate surface area is 158 Å². The smallest absolute Gasteiger partial charge is 0.255 e. The number of amides is 1. The second-order valence-corrected chi connectivity index (χ2v) is 6.44. The van der Waals surface area contributed by atoms with Crippen molar-refractivity contribution >= 4 is 50.2 Å². The highest BCUT2D eigenvalue weighted by Crippen LogP contribution is 2.34. The third kappa shape index (κ3) is 6.51. The SMILES string of the molecule is Cl.NC(=O)COc1c(Br)cc(CNCc2ccccc2)cc1Br. The summed E-state index contributed by atoms with van der Waals surface area (Å²) in [6.07, 6.45) is 0. The summed E-state index contributed by atoms with van der Waals surface area (Å²) in [6, 6.07) is 14.1. The zero-order valence-electron chi connectivity index (χ0n) is 12.2. The maximum atomic E-state index is 10.8. The molecule has 0 heterocycles. The monoisotopic (exact) mass is 462 g/mol.